The molecule has 0 unspecified atom stereocenters. The Morgan fingerprint density at radius 2 is 1.77 bits per heavy atom. The first kappa shape index (κ1) is 27.6. The van der Waals surface area contributed by atoms with Gasteiger partial charge in [0, 0.05) is 51.2 Å². The van der Waals surface area contributed by atoms with Gasteiger partial charge in [0.05, 0.1) is 5.69 Å². The number of anilines is 2. The molecule has 1 atom stereocenters. The molecule has 0 amide bonds. The third kappa shape index (κ3) is 5.66. The van der Waals surface area contributed by atoms with Crippen LogP contribution in [0.15, 0.2) is 59.4 Å². The van der Waals surface area contributed by atoms with Crippen LogP contribution in [0.1, 0.15) is 40.1 Å². The Hall–Kier alpha value is -3.95. The summed E-state index contributed by atoms with van der Waals surface area (Å²) >= 11 is 5.93. The predicted octanol–water partition coefficient (Wildman–Crippen LogP) is 5.23. The van der Waals surface area contributed by atoms with E-state index in [-0.39, 0.29) is 28.3 Å². The standard InChI is InChI=1S/C30H31ClFN5O3/c1-18-14-22(19(2)33-25-8-9-26(31)34-28(25)30(39)40)23-16-27(35(3)29(38)24(23)15-18)37-12-10-36(11-13-37)17-20-4-6-21(32)7-5-20/h4-9,14-16,19,33H,10-13,17H2,1-3H3,(H,39,40)/t19-/m1/s1. The van der Waals surface area contributed by atoms with E-state index in [0.29, 0.717) is 11.1 Å². The third-order valence-corrected chi connectivity index (χ3v) is 7.64. The molecule has 0 spiro atoms. The Balaban J connectivity index is 1.44. The van der Waals surface area contributed by atoms with Gasteiger partial charge in [-0.25, -0.2) is 14.2 Å². The molecular weight excluding hydrogens is 533 g/mol. The van der Waals surface area contributed by atoms with Gasteiger partial charge in [-0.3, -0.25) is 14.3 Å². The molecular formula is C30H31ClFN5O3. The normalized spacial score (nSPS) is 14.9. The van der Waals surface area contributed by atoms with Crippen molar-refractivity contribution in [3.63, 3.8) is 0 Å². The summed E-state index contributed by atoms with van der Waals surface area (Å²) in [6, 6.07) is 15.4. The smallest absolute Gasteiger partial charge is 0.356 e. The van der Waals surface area contributed by atoms with E-state index in [9.17, 15) is 19.1 Å². The largest absolute Gasteiger partial charge is 0.476 e. The van der Waals surface area contributed by atoms with Crippen molar-refractivity contribution in [1.29, 1.82) is 0 Å². The summed E-state index contributed by atoms with van der Waals surface area (Å²) < 4.78 is 15.0. The van der Waals surface area contributed by atoms with E-state index in [4.69, 9.17) is 11.6 Å². The molecule has 3 heterocycles. The molecule has 8 nitrogen and oxygen atoms in total. The summed E-state index contributed by atoms with van der Waals surface area (Å²) in [6.07, 6.45) is 0. The Bertz CT molecular complexity index is 1630. The second kappa shape index (κ2) is 11.3. The number of aryl methyl sites for hydroxylation is 1. The lowest BCUT2D eigenvalue weighted by Gasteiger charge is -2.37. The number of benzene rings is 2. The Kier molecular flexibility index (Phi) is 7.78. The molecule has 2 N–H and O–H groups in total. The first-order valence-corrected chi connectivity index (χ1v) is 13.5. The van der Waals surface area contributed by atoms with E-state index >= 15 is 0 Å². The van der Waals surface area contributed by atoms with Crippen LogP contribution in [-0.4, -0.2) is 51.7 Å². The zero-order valence-corrected chi connectivity index (χ0v) is 23.4. The molecule has 0 aliphatic carbocycles. The van der Waals surface area contributed by atoms with Crippen molar-refractivity contribution in [2.45, 2.75) is 26.4 Å². The van der Waals surface area contributed by atoms with Crippen LogP contribution in [0, 0.1) is 12.7 Å². The maximum absolute atomic E-state index is 13.6. The Labute approximate surface area is 236 Å². The van der Waals surface area contributed by atoms with Gasteiger partial charge in [0.15, 0.2) is 5.69 Å². The highest BCUT2D eigenvalue weighted by Crippen LogP contribution is 2.31. The summed E-state index contributed by atoms with van der Waals surface area (Å²) in [7, 11) is 1.80. The van der Waals surface area contributed by atoms with Crippen molar-refractivity contribution in [3.05, 3.63) is 98.3 Å². The molecule has 1 fully saturated rings. The van der Waals surface area contributed by atoms with Gasteiger partial charge in [-0.2, -0.15) is 0 Å². The number of fused-ring (bicyclic) bond motifs is 1. The highest BCUT2D eigenvalue weighted by Gasteiger charge is 2.23. The number of hydrogen-bond acceptors (Lipinski definition) is 6. The molecule has 10 heteroatoms. The van der Waals surface area contributed by atoms with Crippen LogP contribution in [0.4, 0.5) is 15.9 Å². The molecule has 208 valence electrons. The summed E-state index contributed by atoms with van der Waals surface area (Å²) in [5.74, 6) is -0.589. The fraction of sp³-hybridized carbons (Fsp3) is 0.300. The number of aromatic carboxylic acids is 1. The molecule has 40 heavy (non-hydrogen) atoms. The molecule has 1 aliphatic rings. The third-order valence-electron chi connectivity index (χ3n) is 7.43. The van der Waals surface area contributed by atoms with Crippen LogP contribution in [-0.2, 0) is 13.6 Å². The quantitative estimate of drug-likeness (QED) is 0.298. The van der Waals surface area contributed by atoms with E-state index in [1.807, 2.05) is 38.1 Å². The number of aromatic nitrogens is 2. The number of pyridine rings is 2. The number of piperazine rings is 1. The van der Waals surface area contributed by atoms with Crippen LogP contribution < -0.4 is 15.8 Å². The topological polar surface area (TPSA) is 90.7 Å². The zero-order valence-electron chi connectivity index (χ0n) is 22.6. The van der Waals surface area contributed by atoms with E-state index < -0.39 is 5.97 Å². The van der Waals surface area contributed by atoms with E-state index in [2.05, 4.69) is 26.2 Å². The van der Waals surface area contributed by atoms with Crippen molar-refractivity contribution in [3.8, 4) is 0 Å². The second-order valence-electron chi connectivity index (χ2n) is 10.3. The summed E-state index contributed by atoms with van der Waals surface area (Å²) in [5, 5.41) is 14.4. The van der Waals surface area contributed by atoms with Crippen molar-refractivity contribution in [2.24, 2.45) is 7.05 Å². The number of carbonyl (C=O) groups is 1. The van der Waals surface area contributed by atoms with Gasteiger partial charge in [0.25, 0.3) is 5.56 Å². The minimum atomic E-state index is -1.18. The lowest BCUT2D eigenvalue weighted by Crippen LogP contribution is -2.47. The zero-order chi connectivity index (χ0) is 28.6. The molecule has 0 saturated carbocycles. The van der Waals surface area contributed by atoms with Crippen LogP contribution in [0.25, 0.3) is 10.8 Å². The number of halogens is 2. The second-order valence-corrected chi connectivity index (χ2v) is 10.7. The number of nitrogens with one attached hydrogen (secondary N) is 1. The molecule has 2 aromatic heterocycles. The highest BCUT2D eigenvalue weighted by atomic mass is 35.5. The van der Waals surface area contributed by atoms with Gasteiger partial charge in [-0.15, -0.1) is 0 Å². The average Bonchev–Trinajstić information content (AvgIpc) is 2.93. The van der Waals surface area contributed by atoms with Crippen LogP contribution in [0.2, 0.25) is 5.15 Å². The van der Waals surface area contributed by atoms with Crippen molar-refractivity contribution >= 4 is 39.8 Å². The number of nitrogens with zero attached hydrogens (tertiary/aromatic N) is 4. The van der Waals surface area contributed by atoms with Gasteiger partial charge in [-0.05, 0) is 72.3 Å². The fourth-order valence-corrected chi connectivity index (χ4v) is 5.49. The Morgan fingerprint density at radius 3 is 2.45 bits per heavy atom. The first-order valence-electron chi connectivity index (χ1n) is 13.1. The minimum Gasteiger partial charge on any atom is -0.476 e. The minimum absolute atomic E-state index is 0.0854. The molecule has 0 bridgehead atoms. The van der Waals surface area contributed by atoms with Gasteiger partial charge in [0.1, 0.15) is 16.8 Å². The maximum Gasteiger partial charge on any atom is 0.356 e. The molecule has 4 aromatic rings. The van der Waals surface area contributed by atoms with E-state index in [1.54, 1.807) is 23.7 Å². The average molecular weight is 564 g/mol. The van der Waals surface area contributed by atoms with Crippen molar-refractivity contribution in [1.82, 2.24) is 14.5 Å². The van der Waals surface area contributed by atoms with Crippen molar-refractivity contribution < 1.29 is 14.3 Å². The first-order chi connectivity index (χ1) is 19.1. The van der Waals surface area contributed by atoms with Gasteiger partial charge >= 0.3 is 5.97 Å². The molecule has 1 saturated heterocycles. The van der Waals surface area contributed by atoms with Crippen molar-refractivity contribution in [2.75, 3.05) is 36.4 Å². The van der Waals surface area contributed by atoms with Gasteiger partial charge < -0.3 is 15.3 Å². The lowest BCUT2D eigenvalue weighted by atomic mass is 9.97. The molecule has 5 rings (SSSR count). The van der Waals surface area contributed by atoms with E-state index in [1.165, 1.54) is 12.1 Å². The fourth-order valence-electron chi connectivity index (χ4n) is 5.34. The highest BCUT2D eigenvalue weighted by molar-refractivity contribution is 6.29. The summed E-state index contributed by atoms with van der Waals surface area (Å²) in [5.41, 5.74) is 2.99. The number of rotatable bonds is 7. The molecule has 1 aliphatic heterocycles. The summed E-state index contributed by atoms with van der Waals surface area (Å²) in [4.78, 5) is 33.8. The van der Waals surface area contributed by atoms with Crippen LogP contribution in [0.3, 0.4) is 0 Å². The molecule has 2 aromatic carbocycles. The van der Waals surface area contributed by atoms with Crippen LogP contribution in [0.5, 0.6) is 0 Å². The number of carboxylic acids is 1. The lowest BCUT2D eigenvalue weighted by molar-refractivity contribution is 0.0691. The maximum atomic E-state index is 13.6. The molecule has 0 radical (unpaired) electrons. The predicted molar refractivity (Wildman–Crippen MR) is 156 cm³/mol. The number of hydrogen-bond donors (Lipinski definition) is 2. The van der Waals surface area contributed by atoms with Gasteiger partial charge in [-0.1, -0.05) is 29.8 Å². The monoisotopic (exact) mass is 563 g/mol. The Morgan fingerprint density at radius 1 is 1.07 bits per heavy atom. The van der Waals surface area contributed by atoms with Crippen LogP contribution >= 0.6 is 11.6 Å². The SMILES string of the molecule is Cc1cc([C@@H](C)Nc2ccc(Cl)nc2C(=O)O)c2cc(N3CCN(Cc4ccc(F)cc4)CC3)n(C)c(=O)c2c1. The number of carboxylic acid groups (broad SMARTS) is 1. The summed E-state index contributed by atoms with van der Waals surface area (Å²) in [6.45, 7) is 7.72. The van der Waals surface area contributed by atoms with E-state index in [0.717, 1.165) is 60.6 Å². The van der Waals surface area contributed by atoms with Gasteiger partial charge in [0.2, 0.25) is 0 Å².